The van der Waals surface area contributed by atoms with Crippen LogP contribution in [0.2, 0.25) is 0 Å². The summed E-state index contributed by atoms with van der Waals surface area (Å²) in [6, 6.07) is 13.5. The predicted octanol–water partition coefficient (Wildman–Crippen LogP) is 4.58. The Labute approximate surface area is 188 Å². The van der Waals surface area contributed by atoms with Gasteiger partial charge < -0.3 is 5.32 Å². The second-order valence-electron chi connectivity index (χ2n) is 7.16. The molecular weight excluding hydrogens is 429 g/mol. The van der Waals surface area contributed by atoms with Crippen molar-refractivity contribution in [2.75, 3.05) is 5.32 Å². The van der Waals surface area contributed by atoms with Crippen LogP contribution in [0.1, 0.15) is 35.9 Å². The lowest BCUT2D eigenvalue weighted by Gasteiger charge is -2.13. The average Bonchev–Trinajstić information content (AvgIpc) is 3.44. The average molecular weight is 450 g/mol. The van der Waals surface area contributed by atoms with E-state index >= 15 is 0 Å². The van der Waals surface area contributed by atoms with E-state index in [1.54, 1.807) is 16.7 Å². The monoisotopic (exact) mass is 449 g/mol. The van der Waals surface area contributed by atoms with Crippen molar-refractivity contribution in [1.29, 1.82) is 0 Å². The first-order valence-electron chi connectivity index (χ1n) is 9.83. The van der Waals surface area contributed by atoms with Gasteiger partial charge in [-0.25, -0.2) is 14.4 Å². The van der Waals surface area contributed by atoms with Crippen molar-refractivity contribution in [1.82, 2.24) is 19.9 Å². The van der Waals surface area contributed by atoms with Crippen LogP contribution >= 0.6 is 11.3 Å². The second-order valence-corrected chi connectivity index (χ2v) is 8.02. The number of halogens is 1. The highest BCUT2D eigenvalue weighted by Gasteiger charge is 2.16. The van der Waals surface area contributed by atoms with Crippen LogP contribution in [0.3, 0.4) is 0 Å². The fourth-order valence-corrected chi connectivity index (χ4v) is 3.94. The zero-order chi connectivity index (χ0) is 22.7. The SMILES string of the molecule is CC(=O)NC(C)c1ccc(-c2csc(NC(=O)c3cncn3-c3ccc(F)cc3)n2)cc1. The molecule has 0 bridgehead atoms. The van der Waals surface area contributed by atoms with Gasteiger partial charge in [-0.15, -0.1) is 11.3 Å². The van der Waals surface area contributed by atoms with Crippen molar-refractivity contribution in [3.8, 4) is 16.9 Å². The van der Waals surface area contributed by atoms with Crippen LogP contribution < -0.4 is 10.6 Å². The van der Waals surface area contributed by atoms with E-state index in [2.05, 4.69) is 20.6 Å². The van der Waals surface area contributed by atoms with Crippen LogP contribution in [0.5, 0.6) is 0 Å². The van der Waals surface area contributed by atoms with Crippen molar-refractivity contribution in [3.05, 3.63) is 83.5 Å². The van der Waals surface area contributed by atoms with E-state index in [0.717, 1.165) is 16.8 Å². The van der Waals surface area contributed by atoms with Crippen LogP contribution in [0.4, 0.5) is 9.52 Å². The maximum absolute atomic E-state index is 13.2. The zero-order valence-electron chi connectivity index (χ0n) is 17.4. The van der Waals surface area contributed by atoms with Gasteiger partial charge in [-0.1, -0.05) is 24.3 Å². The number of carbonyl (C=O) groups excluding carboxylic acids is 2. The number of nitrogens with one attached hydrogen (secondary N) is 2. The number of aromatic nitrogens is 3. The molecule has 0 aliphatic carbocycles. The van der Waals surface area contributed by atoms with Crippen LogP contribution in [0.25, 0.3) is 16.9 Å². The standard InChI is InChI=1S/C23H20FN5O2S/c1-14(26-15(2)30)16-3-5-17(6-4-16)20-12-32-23(27-20)28-22(31)21-11-25-13-29(21)19-9-7-18(24)8-10-19/h3-14H,1-2H3,(H,26,30)(H,27,28,31). The molecule has 0 saturated heterocycles. The number of thiazole rings is 1. The van der Waals surface area contributed by atoms with Gasteiger partial charge in [0.2, 0.25) is 5.91 Å². The molecule has 2 heterocycles. The van der Waals surface area contributed by atoms with E-state index < -0.39 is 0 Å². The van der Waals surface area contributed by atoms with Gasteiger partial charge in [-0.3, -0.25) is 19.5 Å². The number of carbonyl (C=O) groups is 2. The summed E-state index contributed by atoms with van der Waals surface area (Å²) < 4.78 is 14.8. The number of imidazole rings is 1. The van der Waals surface area contributed by atoms with Gasteiger partial charge in [0.15, 0.2) is 5.13 Å². The molecule has 2 aromatic carbocycles. The van der Waals surface area contributed by atoms with Gasteiger partial charge in [-0.05, 0) is 36.8 Å². The molecule has 9 heteroatoms. The van der Waals surface area contributed by atoms with Gasteiger partial charge in [0.25, 0.3) is 5.91 Å². The van der Waals surface area contributed by atoms with Gasteiger partial charge in [-0.2, -0.15) is 0 Å². The molecule has 32 heavy (non-hydrogen) atoms. The molecule has 4 aromatic rings. The first kappa shape index (κ1) is 21.4. The maximum atomic E-state index is 13.2. The molecule has 7 nitrogen and oxygen atoms in total. The lowest BCUT2D eigenvalue weighted by Crippen LogP contribution is -2.23. The van der Waals surface area contributed by atoms with Crippen LogP contribution in [0, 0.1) is 5.82 Å². The molecular formula is C23H20FN5O2S. The highest BCUT2D eigenvalue weighted by Crippen LogP contribution is 2.26. The molecule has 2 N–H and O–H groups in total. The molecule has 1 unspecified atom stereocenters. The maximum Gasteiger partial charge on any atom is 0.276 e. The highest BCUT2D eigenvalue weighted by molar-refractivity contribution is 7.14. The first-order chi connectivity index (χ1) is 15.4. The Hall–Kier alpha value is -3.85. The Morgan fingerprint density at radius 1 is 1.09 bits per heavy atom. The molecule has 0 saturated carbocycles. The van der Waals surface area contributed by atoms with E-state index in [4.69, 9.17) is 0 Å². The summed E-state index contributed by atoms with van der Waals surface area (Å²) in [7, 11) is 0. The second kappa shape index (κ2) is 9.11. The summed E-state index contributed by atoms with van der Waals surface area (Å²) in [5.41, 5.74) is 3.56. The molecule has 1 atom stereocenters. The van der Waals surface area contributed by atoms with E-state index in [-0.39, 0.29) is 23.7 Å². The normalized spacial score (nSPS) is 11.7. The van der Waals surface area contributed by atoms with Crippen molar-refractivity contribution in [2.24, 2.45) is 0 Å². The predicted molar refractivity (Wildman–Crippen MR) is 121 cm³/mol. The van der Waals surface area contributed by atoms with Crippen LogP contribution in [-0.2, 0) is 4.79 Å². The van der Waals surface area contributed by atoms with E-state index in [0.29, 0.717) is 16.5 Å². The summed E-state index contributed by atoms with van der Waals surface area (Å²) in [5, 5.41) is 7.96. The Bertz CT molecular complexity index is 1250. The summed E-state index contributed by atoms with van der Waals surface area (Å²) in [4.78, 5) is 32.6. The van der Waals surface area contributed by atoms with E-state index in [1.807, 2.05) is 36.6 Å². The molecule has 0 fully saturated rings. The number of rotatable bonds is 6. The van der Waals surface area contributed by atoms with Crippen LogP contribution in [0.15, 0.2) is 66.4 Å². The fourth-order valence-electron chi connectivity index (χ4n) is 3.23. The molecule has 0 spiro atoms. The van der Waals surface area contributed by atoms with Crippen molar-refractivity contribution in [3.63, 3.8) is 0 Å². The van der Waals surface area contributed by atoms with Crippen molar-refractivity contribution < 1.29 is 14.0 Å². The Balaban J connectivity index is 1.47. The summed E-state index contributed by atoms with van der Waals surface area (Å²) >= 11 is 1.31. The number of amides is 2. The molecule has 0 aliphatic heterocycles. The van der Waals surface area contributed by atoms with Gasteiger partial charge in [0.05, 0.1) is 24.3 Å². The summed E-state index contributed by atoms with van der Waals surface area (Å²) in [6.45, 7) is 3.41. The smallest absolute Gasteiger partial charge is 0.276 e. The minimum atomic E-state index is -0.368. The Morgan fingerprint density at radius 3 is 2.50 bits per heavy atom. The quantitative estimate of drug-likeness (QED) is 0.451. The number of anilines is 1. The number of hydrogen-bond acceptors (Lipinski definition) is 5. The number of hydrogen-bond donors (Lipinski definition) is 2. The largest absolute Gasteiger partial charge is 0.350 e. The first-order valence-corrected chi connectivity index (χ1v) is 10.7. The molecule has 2 amide bonds. The number of nitrogens with zero attached hydrogens (tertiary/aromatic N) is 3. The minimum absolute atomic E-state index is 0.0813. The van der Waals surface area contributed by atoms with Crippen LogP contribution in [-0.4, -0.2) is 26.3 Å². The van der Waals surface area contributed by atoms with E-state index in [9.17, 15) is 14.0 Å². The molecule has 2 aromatic heterocycles. The molecule has 0 radical (unpaired) electrons. The van der Waals surface area contributed by atoms with Gasteiger partial charge in [0.1, 0.15) is 11.5 Å². The third-order valence-electron chi connectivity index (χ3n) is 4.83. The molecule has 162 valence electrons. The Kier molecular flexibility index (Phi) is 6.09. The lowest BCUT2D eigenvalue weighted by atomic mass is 10.1. The Morgan fingerprint density at radius 2 is 1.81 bits per heavy atom. The third kappa shape index (κ3) is 4.73. The van der Waals surface area contributed by atoms with Gasteiger partial charge in [0, 0.05) is 23.6 Å². The summed E-state index contributed by atoms with van der Waals surface area (Å²) in [5.74, 6) is -0.803. The third-order valence-corrected chi connectivity index (χ3v) is 5.58. The molecule has 0 aliphatic rings. The fraction of sp³-hybridized carbons (Fsp3) is 0.130. The minimum Gasteiger partial charge on any atom is -0.350 e. The number of benzene rings is 2. The zero-order valence-corrected chi connectivity index (χ0v) is 18.2. The van der Waals surface area contributed by atoms with Gasteiger partial charge >= 0.3 is 0 Å². The van der Waals surface area contributed by atoms with Crippen molar-refractivity contribution in [2.45, 2.75) is 19.9 Å². The van der Waals surface area contributed by atoms with Crippen molar-refractivity contribution >= 4 is 28.3 Å². The highest BCUT2D eigenvalue weighted by atomic mass is 32.1. The topological polar surface area (TPSA) is 88.9 Å². The molecule has 4 rings (SSSR count). The summed E-state index contributed by atoms with van der Waals surface area (Å²) in [6.07, 6.45) is 2.95. The van der Waals surface area contributed by atoms with E-state index in [1.165, 1.54) is 42.9 Å². The lowest BCUT2D eigenvalue weighted by molar-refractivity contribution is -0.119.